The molecule has 1 fully saturated rings. The number of hydrogen-bond acceptors (Lipinski definition) is 2. The molecule has 92 valence electrons. The number of carbonyl (C=O) groups excluding carboxylic acids is 1. The lowest BCUT2D eigenvalue weighted by atomic mass is 9.71. The Balaban J connectivity index is 2.57. The Morgan fingerprint density at radius 2 is 1.69 bits per heavy atom. The van der Waals surface area contributed by atoms with Crippen LogP contribution >= 0.6 is 0 Å². The average molecular weight is 224 g/mol. The van der Waals surface area contributed by atoms with E-state index in [9.17, 15) is 4.79 Å². The summed E-state index contributed by atoms with van der Waals surface area (Å²) >= 11 is 0. The van der Waals surface area contributed by atoms with Crippen molar-refractivity contribution in [1.82, 2.24) is 0 Å². The van der Waals surface area contributed by atoms with E-state index >= 15 is 0 Å². The fraction of sp³-hybridized carbons (Fsp3) is 0.786. The van der Waals surface area contributed by atoms with Crippen molar-refractivity contribution < 1.29 is 9.53 Å². The molecule has 0 N–H and O–H groups in total. The topological polar surface area (TPSA) is 26.3 Å². The maximum absolute atomic E-state index is 10.9. The molecule has 1 aliphatic carbocycles. The van der Waals surface area contributed by atoms with Crippen LogP contribution in [-0.4, -0.2) is 5.97 Å². The van der Waals surface area contributed by atoms with Gasteiger partial charge < -0.3 is 4.74 Å². The van der Waals surface area contributed by atoms with Crippen LogP contribution in [0.4, 0.5) is 0 Å². The molecule has 1 aliphatic rings. The van der Waals surface area contributed by atoms with E-state index in [-0.39, 0.29) is 5.97 Å². The van der Waals surface area contributed by atoms with E-state index in [0.29, 0.717) is 5.41 Å². The number of hydrogen-bond donors (Lipinski definition) is 0. The van der Waals surface area contributed by atoms with E-state index in [1.165, 1.54) is 25.3 Å². The van der Waals surface area contributed by atoms with Crippen molar-refractivity contribution in [3.05, 3.63) is 11.3 Å². The van der Waals surface area contributed by atoms with Crippen LogP contribution in [-0.2, 0) is 9.53 Å². The fourth-order valence-electron chi connectivity index (χ4n) is 2.47. The third-order valence-corrected chi connectivity index (χ3v) is 3.61. The number of ether oxygens (including phenoxy) is 1. The Bertz CT molecular complexity index is 284. The van der Waals surface area contributed by atoms with E-state index in [4.69, 9.17) is 4.74 Å². The monoisotopic (exact) mass is 224 g/mol. The smallest absolute Gasteiger partial charge is 0.307 e. The molecule has 1 rings (SSSR count). The molecule has 0 aliphatic heterocycles. The predicted molar refractivity (Wildman–Crippen MR) is 65.9 cm³/mol. The standard InChI is InChI=1S/C14H24O2/c1-10(16-11(2)15)12-6-8-13(9-7-12)14(3,4)5/h13H,6-9H2,1-5H3. The molecule has 0 spiro atoms. The highest BCUT2D eigenvalue weighted by atomic mass is 16.5. The summed E-state index contributed by atoms with van der Waals surface area (Å²) in [5.74, 6) is 1.42. The zero-order chi connectivity index (χ0) is 12.3. The van der Waals surface area contributed by atoms with Crippen LogP contribution in [0.2, 0.25) is 0 Å². The van der Waals surface area contributed by atoms with E-state index in [0.717, 1.165) is 24.5 Å². The van der Waals surface area contributed by atoms with Gasteiger partial charge in [-0.25, -0.2) is 0 Å². The van der Waals surface area contributed by atoms with E-state index < -0.39 is 0 Å². The molecule has 0 saturated heterocycles. The van der Waals surface area contributed by atoms with Gasteiger partial charge in [0.05, 0.1) is 0 Å². The van der Waals surface area contributed by atoms with Crippen molar-refractivity contribution in [2.75, 3.05) is 0 Å². The second-order valence-corrected chi connectivity index (χ2v) is 5.89. The summed E-state index contributed by atoms with van der Waals surface area (Å²) in [4.78, 5) is 10.9. The van der Waals surface area contributed by atoms with E-state index in [1.807, 2.05) is 6.92 Å². The maximum atomic E-state index is 10.9. The Hall–Kier alpha value is -0.790. The summed E-state index contributed by atoms with van der Waals surface area (Å²) in [5, 5.41) is 0. The third kappa shape index (κ3) is 3.66. The van der Waals surface area contributed by atoms with Gasteiger partial charge in [-0.05, 0) is 49.5 Å². The first kappa shape index (κ1) is 13.3. The van der Waals surface area contributed by atoms with Crippen LogP contribution in [0.1, 0.15) is 60.3 Å². The SMILES string of the molecule is CC(=O)OC(C)=C1CCC(C(C)(C)C)CC1. The van der Waals surface area contributed by atoms with E-state index in [1.54, 1.807) is 0 Å². The molecule has 0 aromatic heterocycles. The summed E-state index contributed by atoms with van der Waals surface area (Å²) in [5.41, 5.74) is 1.73. The molecule has 2 heteroatoms. The number of esters is 1. The van der Waals surface area contributed by atoms with Crippen molar-refractivity contribution in [2.45, 2.75) is 60.3 Å². The van der Waals surface area contributed by atoms with Crippen LogP contribution in [0.5, 0.6) is 0 Å². The van der Waals surface area contributed by atoms with Gasteiger partial charge in [0.25, 0.3) is 0 Å². The average Bonchev–Trinajstić information content (AvgIpc) is 2.15. The molecule has 16 heavy (non-hydrogen) atoms. The third-order valence-electron chi connectivity index (χ3n) is 3.61. The minimum Gasteiger partial charge on any atom is -0.432 e. The summed E-state index contributed by atoms with van der Waals surface area (Å²) in [7, 11) is 0. The Kier molecular flexibility index (Phi) is 4.17. The first-order valence-corrected chi connectivity index (χ1v) is 6.17. The van der Waals surface area contributed by atoms with Gasteiger partial charge in [-0.3, -0.25) is 4.79 Å². The van der Waals surface area contributed by atoms with Gasteiger partial charge >= 0.3 is 5.97 Å². The molecule has 0 unspecified atom stereocenters. The molecule has 2 nitrogen and oxygen atoms in total. The van der Waals surface area contributed by atoms with Crippen LogP contribution in [0.3, 0.4) is 0 Å². The molecule has 0 aromatic carbocycles. The molecule has 0 radical (unpaired) electrons. The maximum Gasteiger partial charge on any atom is 0.307 e. The highest BCUT2D eigenvalue weighted by molar-refractivity contribution is 5.67. The quantitative estimate of drug-likeness (QED) is 0.496. The molecule has 0 bridgehead atoms. The van der Waals surface area contributed by atoms with Crippen molar-refractivity contribution in [3.63, 3.8) is 0 Å². The first-order chi connectivity index (χ1) is 7.30. The highest BCUT2D eigenvalue weighted by Gasteiger charge is 2.28. The van der Waals surface area contributed by atoms with Crippen LogP contribution in [0.15, 0.2) is 11.3 Å². The molecular formula is C14H24O2. The van der Waals surface area contributed by atoms with Crippen molar-refractivity contribution in [1.29, 1.82) is 0 Å². The summed E-state index contributed by atoms with van der Waals surface area (Å²) < 4.78 is 5.15. The summed E-state index contributed by atoms with van der Waals surface area (Å²) in [6.45, 7) is 10.3. The van der Waals surface area contributed by atoms with E-state index in [2.05, 4.69) is 20.8 Å². The normalized spacial score (nSPS) is 21.8. The predicted octanol–water partition coefficient (Wildman–Crippen LogP) is 4.06. The molecule has 0 amide bonds. The summed E-state index contributed by atoms with van der Waals surface area (Å²) in [6.07, 6.45) is 4.61. The van der Waals surface area contributed by atoms with Crippen molar-refractivity contribution >= 4 is 5.97 Å². The highest BCUT2D eigenvalue weighted by Crippen LogP contribution is 2.40. The zero-order valence-corrected chi connectivity index (χ0v) is 11.2. The second-order valence-electron chi connectivity index (χ2n) is 5.89. The van der Waals surface area contributed by atoms with Crippen LogP contribution < -0.4 is 0 Å². The molecule has 0 heterocycles. The van der Waals surface area contributed by atoms with Crippen LogP contribution in [0.25, 0.3) is 0 Å². The molecular weight excluding hydrogens is 200 g/mol. The molecule has 1 saturated carbocycles. The zero-order valence-electron chi connectivity index (χ0n) is 11.2. The lowest BCUT2D eigenvalue weighted by molar-refractivity contribution is -0.136. The van der Waals surface area contributed by atoms with Gasteiger partial charge in [0, 0.05) is 6.92 Å². The minimum atomic E-state index is -0.206. The van der Waals surface area contributed by atoms with Gasteiger partial charge in [0.15, 0.2) is 0 Å². The first-order valence-electron chi connectivity index (χ1n) is 6.17. The second kappa shape index (κ2) is 5.03. The molecule has 0 atom stereocenters. The van der Waals surface area contributed by atoms with Gasteiger partial charge in [-0.1, -0.05) is 20.8 Å². The minimum absolute atomic E-state index is 0.206. The Morgan fingerprint density at radius 1 is 1.19 bits per heavy atom. The number of carbonyl (C=O) groups is 1. The largest absolute Gasteiger partial charge is 0.432 e. The van der Waals surface area contributed by atoms with Gasteiger partial charge in [0.1, 0.15) is 5.76 Å². The number of allylic oxidation sites excluding steroid dienone is 2. The summed E-state index contributed by atoms with van der Waals surface area (Å²) in [6, 6.07) is 0. The number of rotatable bonds is 1. The molecule has 0 aromatic rings. The van der Waals surface area contributed by atoms with Crippen molar-refractivity contribution in [2.24, 2.45) is 11.3 Å². The lowest BCUT2D eigenvalue weighted by Crippen LogP contribution is -2.23. The van der Waals surface area contributed by atoms with Crippen molar-refractivity contribution in [3.8, 4) is 0 Å². The Morgan fingerprint density at radius 3 is 2.06 bits per heavy atom. The fourth-order valence-corrected chi connectivity index (χ4v) is 2.47. The Labute approximate surface area is 99.1 Å². The van der Waals surface area contributed by atoms with Gasteiger partial charge in [-0.2, -0.15) is 0 Å². The van der Waals surface area contributed by atoms with Crippen LogP contribution in [0, 0.1) is 11.3 Å². The van der Waals surface area contributed by atoms with Gasteiger partial charge in [0.2, 0.25) is 0 Å². The van der Waals surface area contributed by atoms with Gasteiger partial charge in [-0.15, -0.1) is 0 Å². The lowest BCUT2D eigenvalue weighted by Gasteiger charge is -2.35.